The molecule has 6 rings (SSSR count). The molecular weight excluding hydrogens is 440 g/mol. The molecule has 6 heteroatoms. The molecule has 1 aromatic heterocycles. The van der Waals surface area contributed by atoms with E-state index in [1.165, 1.54) is 5.56 Å². The van der Waals surface area contributed by atoms with E-state index in [0.717, 1.165) is 72.8 Å². The third-order valence-electron chi connectivity index (χ3n) is 6.23. The summed E-state index contributed by atoms with van der Waals surface area (Å²) in [6.07, 6.45) is 0. The molecule has 0 unspecified atom stereocenters. The Labute approximate surface area is 201 Å². The van der Waals surface area contributed by atoms with Crippen molar-refractivity contribution in [3.8, 4) is 11.5 Å². The number of benzene rings is 4. The van der Waals surface area contributed by atoms with E-state index in [4.69, 9.17) is 19.4 Å². The van der Waals surface area contributed by atoms with Crippen LogP contribution in [0.1, 0.15) is 19.4 Å². The van der Waals surface area contributed by atoms with E-state index >= 15 is 0 Å². The van der Waals surface area contributed by atoms with Crippen LogP contribution in [0.3, 0.4) is 0 Å². The number of hydrogen-bond donors (Lipinski definition) is 0. The highest BCUT2D eigenvalue weighted by Gasteiger charge is 2.16. The number of aryl methyl sites for hydroxylation is 1. The molecule has 0 saturated heterocycles. The van der Waals surface area contributed by atoms with Crippen LogP contribution in [0.4, 0.5) is 10.8 Å². The third kappa shape index (κ3) is 3.51. The molecule has 0 bridgehead atoms. The largest absolute Gasteiger partial charge is 0.453 e. The lowest BCUT2D eigenvalue weighted by Crippen LogP contribution is -2.21. The Balaban J connectivity index is 1.60. The van der Waals surface area contributed by atoms with Crippen LogP contribution in [0.15, 0.2) is 76.1 Å². The van der Waals surface area contributed by atoms with Gasteiger partial charge in [0.15, 0.2) is 11.3 Å². The number of anilines is 1. The molecule has 2 aliphatic rings. The van der Waals surface area contributed by atoms with Crippen molar-refractivity contribution in [2.75, 3.05) is 18.0 Å². The number of nitrogens with zero attached hydrogens (tertiary/aromatic N) is 4. The lowest BCUT2D eigenvalue weighted by atomic mass is 10.0. The van der Waals surface area contributed by atoms with E-state index in [9.17, 15) is 0 Å². The summed E-state index contributed by atoms with van der Waals surface area (Å²) in [4.78, 5) is 17.0. The number of fused-ring (bicyclic) bond motifs is 5. The van der Waals surface area contributed by atoms with Gasteiger partial charge in [-0.05, 0) is 50.6 Å². The van der Waals surface area contributed by atoms with Crippen molar-refractivity contribution in [2.24, 2.45) is 4.99 Å². The van der Waals surface area contributed by atoms with Gasteiger partial charge in [-0.15, -0.1) is 0 Å². The molecule has 1 aliphatic carbocycles. The Morgan fingerprint density at radius 2 is 1.68 bits per heavy atom. The fraction of sp³-hybridized carbons (Fsp3) is 0.179. The number of hydrogen-bond acceptors (Lipinski definition) is 6. The van der Waals surface area contributed by atoms with Crippen LogP contribution in [0.5, 0.6) is 0 Å². The molecule has 0 spiro atoms. The number of thiazole rings is 1. The van der Waals surface area contributed by atoms with Gasteiger partial charge < -0.3 is 9.32 Å². The molecule has 0 fully saturated rings. The monoisotopic (exact) mass is 464 g/mol. The Hall–Kier alpha value is -3.77. The Kier molecular flexibility index (Phi) is 5.03. The predicted molar refractivity (Wildman–Crippen MR) is 141 cm³/mol. The van der Waals surface area contributed by atoms with Crippen molar-refractivity contribution >= 4 is 54.2 Å². The SMILES string of the molecule is CCN(CC)c1ccc2nc3c4ccccc4/c(=N\c4nc5ccc(C)cc5s4)cc-3oc2c1. The normalized spacial score (nSPS) is 12.4. The van der Waals surface area contributed by atoms with Crippen molar-refractivity contribution in [1.29, 1.82) is 0 Å². The summed E-state index contributed by atoms with van der Waals surface area (Å²) in [5.74, 6) is 0.721. The number of aromatic nitrogens is 2. The smallest absolute Gasteiger partial charge is 0.210 e. The van der Waals surface area contributed by atoms with Gasteiger partial charge in [0.2, 0.25) is 5.13 Å². The average molecular weight is 465 g/mol. The summed E-state index contributed by atoms with van der Waals surface area (Å²) in [5.41, 5.74) is 5.80. The van der Waals surface area contributed by atoms with E-state index in [2.05, 4.69) is 68.1 Å². The molecule has 4 aromatic rings. The molecule has 5 nitrogen and oxygen atoms in total. The summed E-state index contributed by atoms with van der Waals surface area (Å²) in [5, 5.41) is 3.63. The van der Waals surface area contributed by atoms with Gasteiger partial charge in [-0.25, -0.2) is 15.0 Å². The van der Waals surface area contributed by atoms with Crippen LogP contribution in [-0.2, 0) is 0 Å². The lowest BCUT2D eigenvalue weighted by molar-refractivity contribution is 0.613. The summed E-state index contributed by atoms with van der Waals surface area (Å²) in [7, 11) is 0. The highest BCUT2D eigenvalue weighted by molar-refractivity contribution is 7.21. The maximum Gasteiger partial charge on any atom is 0.210 e. The molecule has 1 aliphatic heterocycles. The number of rotatable bonds is 4. The summed E-state index contributed by atoms with van der Waals surface area (Å²) in [6, 6.07) is 22.7. The van der Waals surface area contributed by atoms with Crippen molar-refractivity contribution < 1.29 is 4.42 Å². The first-order valence-corrected chi connectivity index (χ1v) is 12.4. The van der Waals surface area contributed by atoms with E-state index in [-0.39, 0.29) is 0 Å². The van der Waals surface area contributed by atoms with Gasteiger partial charge >= 0.3 is 0 Å². The zero-order chi connectivity index (χ0) is 23.2. The minimum Gasteiger partial charge on any atom is -0.453 e. The quantitative estimate of drug-likeness (QED) is 0.207. The lowest BCUT2D eigenvalue weighted by Gasteiger charge is -2.21. The van der Waals surface area contributed by atoms with Crippen LogP contribution in [0.2, 0.25) is 0 Å². The zero-order valence-electron chi connectivity index (χ0n) is 19.4. The van der Waals surface area contributed by atoms with Crippen molar-refractivity contribution in [2.45, 2.75) is 20.8 Å². The summed E-state index contributed by atoms with van der Waals surface area (Å²) >= 11 is 1.60. The standard InChI is InChI=1S/C28H24N4OS/c1-4-32(5-2)18-11-13-21-24(15-18)33-25-16-23(19-8-6-7-9-20(19)27(25)29-21)31-28-30-22-12-10-17(3)14-26(22)34-28/h6-16H,4-5H2,1-3H3/b31-23-. The fourth-order valence-corrected chi connectivity index (χ4v) is 5.42. The summed E-state index contributed by atoms with van der Waals surface area (Å²) < 4.78 is 7.56. The van der Waals surface area contributed by atoms with Gasteiger partial charge in [0.25, 0.3) is 0 Å². The van der Waals surface area contributed by atoms with Crippen LogP contribution in [-0.4, -0.2) is 23.1 Å². The van der Waals surface area contributed by atoms with Gasteiger partial charge in [0.05, 0.1) is 15.6 Å². The molecule has 0 atom stereocenters. The molecule has 0 radical (unpaired) electrons. The minimum atomic E-state index is 0.721. The minimum absolute atomic E-state index is 0.721. The van der Waals surface area contributed by atoms with E-state index < -0.39 is 0 Å². The Bertz CT molecular complexity index is 1710. The van der Waals surface area contributed by atoms with Crippen LogP contribution in [0, 0.1) is 6.92 Å². The van der Waals surface area contributed by atoms with E-state index in [0.29, 0.717) is 0 Å². The molecule has 3 aromatic carbocycles. The Morgan fingerprint density at radius 3 is 2.50 bits per heavy atom. The first-order valence-electron chi connectivity index (χ1n) is 11.6. The van der Waals surface area contributed by atoms with Crippen LogP contribution in [0.25, 0.3) is 43.5 Å². The predicted octanol–water partition coefficient (Wildman–Crippen LogP) is 7.08. The van der Waals surface area contributed by atoms with Gasteiger partial charge in [-0.1, -0.05) is 41.7 Å². The topological polar surface area (TPSA) is 54.5 Å². The fourth-order valence-electron chi connectivity index (χ4n) is 4.47. The second-order valence-electron chi connectivity index (χ2n) is 8.41. The first-order chi connectivity index (χ1) is 16.6. The van der Waals surface area contributed by atoms with Crippen LogP contribution >= 0.6 is 11.3 Å². The third-order valence-corrected chi connectivity index (χ3v) is 7.14. The van der Waals surface area contributed by atoms with Crippen molar-refractivity contribution in [3.05, 3.63) is 77.7 Å². The Morgan fingerprint density at radius 1 is 0.882 bits per heavy atom. The van der Waals surface area contributed by atoms with Crippen molar-refractivity contribution in [3.63, 3.8) is 0 Å². The highest BCUT2D eigenvalue weighted by atomic mass is 32.1. The summed E-state index contributed by atoms with van der Waals surface area (Å²) in [6.45, 7) is 8.30. The van der Waals surface area contributed by atoms with Gasteiger partial charge in [0.1, 0.15) is 11.2 Å². The molecule has 2 heterocycles. The maximum atomic E-state index is 6.42. The molecular formula is C28H24N4OS. The molecule has 34 heavy (non-hydrogen) atoms. The van der Waals surface area contributed by atoms with E-state index in [1.807, 2.05) is 24.3 Å². The highest BCUT2D eigenvalue weighted by Crippen LogP contribution is 2.33. The molecule has 0 N–H and O–H groups in total. The molecule has 0 saturated carbocycles. The molecule has 0 amide bonds. The zero-order valence-corrected chi connectivity index (χ0v) is 20.2. The second kappa shape index (κ2) is 8.22. The van der Waals surface area contributed by atoms with Crippen LogP contribution < -0.4 is 10.3 Å². The second-order valence-corrected chi connectivity index (χ2v) is 9.41. The maximum absolute atomic E-state index is 6.42. The van der Waals surface area contributed by atoms with Gasteiger partial charge in [-0.2, -0.15) is 0 Å². The molecule has 168 valence electrons. The first kappa shape index (κ1) is 20.8. The average Bonchev–Trinajstić information content (AvgIpc) is 3.25. The van der Waals surface area contributed by atoms with Gasteiger partial charge in [0, 0.05) is 41.7 Å². The van der Waals surface area contributed by atoms with Crippen molar-refractivity contribution in [1.82, 2.24) is 9.97 Å². The van der Waals surface area contributed by atoms with E-state index in [1.54, 1.807) is 11.3 Å². The van der Waals surface area contributed by atoms with Gasteiger partial charge in [-0.3, -0.25) is 0 Å².